The van der Waals surface area contributed by atoms with E-state index in [1.165, 1.54) is 0 Å². The Kier molecular flexibility index (Phi) is 3.82. The van der Waals surface area contributed by atoms with Crippen molar-refractivity contribution in [2.75, 3.05) is 0 Å². The molecule has 1 heterocycles. The van der Waals surface area contributed by atoms with E-state index in [1.807, 2.05) is 0 Å². The second kappa shape index (κ2) is 4.58. The minimum Gasteiger partial charge on any atom is -0.418 e. The lowest BCUT2D eigenvalue weighted by Gasteiger charge is -2.31. The van der Waals surface area contributed by atoms with Crippen molar-refractivity contribution in [1.29, 1.82) is 0 Å². The number of ether oxygens (including phenoxy) is 4. The molecule has 0 aromatic heterocycles. The predicted molar refractivity (Wildman–Crippen MR) is 37.9 cm³/mol. The van der Waals surface area contributed by atoms with Crippen LogP contribution in [0.1, 0.15) is 6.92 Å². The van der Waals surface area contributed by atoms with Crippen LogP contribution in [0.5, 0.6) is 0 Å². The maximum Gasteiger partial charge on any atom is 0.528 e. The Bertz CT molecular complexity index is 379. The van der Waals surface area contributed by atoms with E-state index in [0.717, 1.165) is 0 Å². The maximum atomic E-state index is 13.7. The van der Waals surface area contributed by atoms with E-state index in [9.17, 15) is 39.5 Å². The molecule has 118 valence electrons. The van der Waals surface area contributed by atoms with Crippen molar-refractivity contribution >= 4 is 0 Å². The fourth-order valence-corrected chi connectivity index (χ4v) is 1.11. The molecule has 1 fully saturated rings. The van der Waals surface area contributed by atoms with E-state index < -0.39 is 36.6 Å². The summed E-state index contributed by atoms with van der Waals surface area (Å²) in [5.74, 6) is -6.23. The summed E-state index contributed by atoms with van der Waals surface area (Å²) in [5, 5.41) is 0. The van der Waals surface area contributed by atoms with E-state index in [1.54, 1.807) is 0 Å². The number of hydrogen-bond donors (Lipinski definition) is 0. The smallest absolute Gasteiger partial charge is 0.418 e. The van der Waals surface area contributed by atoms with E-state index in [2.05, 4.69) is 18.9 Å². The third-order valence-electron chi connectivity index (χ3n) is 1.77. The van der Waals surface area contributed by atoms with Crippen molar-refractivity contribution in [1.82, 2.24) is 0 Å². The molecule has 4 nitrogen and oxygen atoms in total. The molecule has 2 atom stereocenters. The fraction of sp³-hybridized carbons (Fsp3) is 0.714. The molecule has 0 aromatic rings. The number of halogens is 9. The molecule has 0 aromatic carbocycles. The average Bonchev–Trinajstić information content (AvgIpc) is 2.31. The maximum absolute atomic E-state index is 13.7. The van der Waals surface area contributed by atoms with E-state index in [-0.39, 0.29) is 6.92 Å². The SMILES string of the molecule is CC1(OC(F)(F)F)OC(=C(F)F)OC1(F)OC(F)(F)F. The molecule has 0 N–H and O–H groups in total. The lowest BCUT2D eigenvalue weighted by Crippen LogP contribution is -2.54. The topological polar surface area (TPSA) is 36.9 Å². The zero-order valence-electron chi connectivity index (χ0n) is 9.03. The van der Waals surface area contributed by atoms with Gasteiger partial charge in [-0.2, -0.15) is 13.2 Å². The Hall–Kier alpha value is -1.37. The summed E-state index contributed by atoms with van der Waals surface area (Å²) in [6, 6.07) is -4.83. The van der Waals surface area contributed by atoms with Gasteiger partial charge in [-0.15, -0.1) is 26.3 Å². The molecule has 0 saturated carbocycles. The highest BCUT2D eigenvalue weighted by Gasteiger charge is 2.71. The van der Waals surface area contributed by atoms with Crippen LogP contribution in [0.3, 0.4) is 0 Å². The summed E-state index contributed by atoms with van der Waals surface area (Å²) in [7, 11) is 0. The van der Waals surface area contributed by atoms with Crippen LogP contribution in [0, 0.1) is 0 Å². The van der Waals surface area contributed by atoms with Crippen LogP contribution in [0.2, 0.25) is 0 Å². The minimum absolute atomic E-state index is 0.0673. The van der Waals surface area contributed by atoms with Gasteiger partial charge in [0.05, 0.1) is 0 Å². The molecule has 1 rings (SSSR count). The van der Waals surface area contributed by atoms with Gasteiger partial charge in [0, 0.05) is 6.92 Å². The summed E-state index contributed by atoms with van der Waals surface area (Å²) < 4.78 is 122. The quantitative estimate of drug-likeness (QED) is 0.729. The second-order valence-electron chi connectivity index (χ2n) is 3.33. The lowest BCUT2D eigenvalue weighted by molar-refractivity contribution is -0.513. The zero-order chi connectivity index (χ0) is 16.0. The molecule has 0 aliphatic carbocycles. The zero-order valence-corrected chi connectivity index (χ0v) is 9.03. The summed E-state index contributed by atoms with van der Waals surface area (Å²) in [4.78, 5) is 0. The van der Waals surface area contributed by atoms with Gasteiger partial charge in [-0.05, 0) is 0 Å². The largest absolute Gasteiger partial charge is 0.528 e. The van der Waals surface area contributed by atoms with Crippen molar-refractivity contribution in [3.63, 3.8) is 0 Å². The van der Waals surface area contributed by atoms with Crippen molar-refractivity contribution in [3.8, 4) is 0 Å². The lowest BCUT2D eigenvalue weighted by atomic mass is 10.3. The van der Waals surface area contributed by atoms with Gasteiger partial charge in [-0.25, -0.2) is 9.47 Å². The first-order valence-electron chi connectivity index (χ1n) is 4.33. The Labute approximate surface area is 103 Å². The van der Waals surface area contributed by atoms with Crippen LogP contribution in [0.25, 0.3) is 0 Å². The van der Waals surface area contributed by atoms with Crippen molar-refractivity contribution < 1.29 is 58.5 Å². The van der Waals surface area contributed by atoms with Crippen molar-refractivity contribution in [3.05, 3.63) is 12.0 Å². The van der Waals surface area contributed by atoms with Gasteiger partial charge >= 0.3 is 36.6 Å². The van der Waals surface area contributed by atoms with Crippen LogP contribution in [-0.2, 0) is 18.9 Å². The van der Waals surface area contributed by atoms with E-state index in [0.29, 0.717) is 0 Å². The van der Waals surface area contributed by atoms with Gasteiger partial charge in [0.2, 0.25) is 0 Å². The molecule has 20 heavy (non-hydrogen) atoms. The van der Waals surface area contributed by atoms with Gasteiger partial charge in [0.15, 0.2) is 0 Å². The molecule has 2 unspecified atom stereocenters. The van der Waals surface area contributed by atoms with Crippen LogP contribution in [0.15, 0.2) is 12.0 Å². The Morgan fingerprint density at radius 3 is 1.75 bits per heavy atom. The number of hydrogen-bond acceptors (Lipinski definition) is 4. The molecule has 0 bridgehead atoms. The molecular formula is C7H3F9O4. The standard InChI is InChI=1S/C7H3F9O4/c1-4(19-6(11,12)13)5(10,20-7(14,15)16)18-3(17-4)2(8)9/h1H3. The molecule has 0 radical (unpaired) electrons. The molecule has 1 aliphatic rings. The average molecular weight is 322 g/mol. The first-order valence-corrected chi connectivity index (χ1v) is 4.33. The van der Waals surface area contributed by atoms with Crippen LogP contribution in [0.4, 0.5) is 39.5 Å². The van der Waals surface area contributed by atoms with Crippen molar-refractivity contribution in [2.45, 2.75) is 31.5 Å². The second-order valence-corrected chi connectivity index (χ2v) is 3.33. The van der Waals surface area contributed by atoms with Gasteiger partial charge < -0.3 is 9.47 Å². The summed E-state index contributed by atoms with van der Waals surface area (Å²) in [6.45, 7) is -0.0673. The third kappa shape index (κ3) is 3.59. The highest BCUT2D eigenvalue weighted by molar-refractivity contribution is 4.97. The molecule has 0 spiro atoms. The van der Waals surface area contributed by atoms with Gasteiger partial charge in [-0.1, -0.05) is 0 Å². The molecule has 1 saturated heterocycles. The van der Waals surface area contributed by atoms with E-state index >= 15 is 0 Å². The molecular weight excluding hydrogens is 319 g/mol. The van der Waals surface area contributed by atoms with Gasteiger partial charge in [-0.3, -0.25) is 0 Å². The van der Waals surface area contributed by atoms with Gasteiger partial charge in [0.1, 0.15) is 0 Å². The molecule has 13 heteroatoms. The van der Waals surface area contributed by atoms with Crippen LogP contribution >= 0.6 is 0 Å². The third-order valence-corrected chi connectivity index (χ3v) is 1.77. The molecule has 0 amide bonds. The summed E-state index contributed by atoms with van der Waals surface area (Å²) >= 11 is 0. The monoisotopic (exact) mass is 322 g/mol. The molecule has 1 aliphatic heterocycles. The highest BCUT2D eigenvalue weighted by atomic mass is 19.4. The Balaban J connectivity index is 3.19. The fourth-order valence-electron chi connectivity index (χ4n) is 1.11. The predicted octanol–water partition coefficient (Wildman–Crippen LogP) is 3.51. The van der Waals surface area contributed by atoms with Crippen molar-refractivity contribution in [2.24, 2.45) is 0 Å². The number of rotatable bonds is 2. The van der Waals surface area contributed by atoms with Gasteiger partial charge in [0.25, 0.3) is 0 Å². The van der Waals surface area contributed by atoms with E-state index in [4.69, 9.17) is 0 Å². The van der Waals surface area contributed by atoms with Crippen LogP contribution < -0.4 is 0 Å². The first-order chi connectivity index (χ1) is 8.68. The Morgan fingerprint density at radius 2 is 1.40 bits per heavy atom. The van der Waals surface area contributed by atoms with Crippen LogP contribution in [-0.4, -0.2) is 24.6 Å². The Morgan fingerprint density at radius 1 is 0.950 bits per heavy atom. The minimum atomic E-state index is -5.86. The normalized spacial score (nSPS) is 31.0. The highest BCUT2D eigenvalue weighted by Crippen LogP contribution is 2.49. The summed E-state index contributed by atoms with van der Waals surface area (Å²) in [5.41, 5.74) is 0. The number of alkyl halides is 7. The summed E-state index contributed by atoms with van der Waals surface area (Å²) in [6.07, 6.45) is -14.6. The first kappa shape index (κ1) is 16.7.